The molecule has 1 aromatic carbocycles. The Morgan fingerprint density at radius 3 is 2.39 bits per heavy atom. The first-order chi connectivity index (χ1) is 11.1. The Balaban J connectivity index is 2.67. The molecule has 0 heterocycles. The number of carboxylic acids is 1. The van der Waals surface area contributed by atoms with Crippen molar-refractivity contribution in [2.45, 2.75) is 58.3 Å². The summed E-state index contributed by atoms with van der Waals surface area (Å²) in [6, 6.07) is 4.76. The zero-order chi connectivity index (χ0) is 17.1. The van der Waals surface area contributed by atoms with E-state index in [0.717, 1.165) is 25.3 Å². The maximum Gasteiger partial charge on any atom is 0.336 e. The van der Waals surface area contributed by atoms with Crippen LogP contribution in [0.1, 0.15) is 67.8 Å². The molecule has 0 bridgehead atoms. The first-order valence-corrected chi connectivity index (χ1v) is 8.29. The number of ether oxygens (including phenoxy) is 1. The number of hydrogen-bond acceptors (Lipinski definition) is 3. The van der Waals surface area contributed by atoms with Gasteiger partial charge in [-0.1, -0.05) is 58.1 Å². The fourth-order valence-electron chi connectivity index (χ4n) is 2.53. The Morgan fingerprint density at radius 1 is 1.13 bits per heavy atom. The zero-order valence-electron chi connectivity index (χ0n) is 13.8. The number of hydrogen-bond donors (Lipinski definition) is 1. The van der Waals surface area contributed by atoms with Gasteiger partial charge in [0.05, 0.1) is 5.56 Å². The number of esters is 1. The van der Waals surface area contributed by atoms with Gasteiger partial charge < -0.3 is 9.84 Å². The van der Waals surface area contributed by atoms with Gasteiger partial charge in [0.2, 0.25) is 0 Å². The van der Waals surface area contributed by atoms with Crippen molar-refractivity contribution in [3.63, 3.8) is 0 Å². The summed E-state index contributed by atoms with van der Waals surface area (Å²) in [5.41, 5.74) is 0.786. The maximum absolute atomic E-state index is 11.4. The minimum Gasteiger partial charge on any atom is -0.478 e. The van der Waals surface area contributed by atoms with Crippen molar-refractivity contribution in [3.8, 4) is 5.75 Å². The number of unbranched alkanes of at least 4 members (excludes halogenated alkanes) is 6. The summed E-state index contributed by atoms with van der Waals surface area (Å²) in [5, 5.41) is 9.32. The van der Waals surface area contributed by atoms with E-state index in [1.54, 1.807) is 18.2 Å². The normalized spacial score (nSPS) is 10.3. The van der Waals surface area contributed by atoms with E-state index in [2.05, 4.69) is 13.5 Å². The largest absolute Gasteiger partial charge is 0.478 e. The molecule has 126 valence electrons. The van der Waals surface area contributed by atoms with Crippen molar-refractivity contribution in [2.24, 2.45) is 0 Å². The van der Waals surface area contributed by atoms with Gasteiger partial charge in [-0.05, 0) is 25.0 Å². The predicted molar refractivity (Wildman–Crippen MR) is 90.9 cm³/mol. The molecule has 1 rings (SSSR count). The van der Waals surface area contributed by atoms with Gasteiger partial charge >= 0.3 is 11.9 Å². The van der Waals surface area contributed by atoms with Gasteiger partial charge in [-0.3, -0.25) is 0 Å². The van der Waals surface area contributed by atoms with E-state index >= 15 is 0 Å². The van der Waals surface area contributed by atoms with E-state index < -0.39 is 11.9 Å². The van der Waals surface area contributed by atoms with Crippen molar-refractivity contribution in [1.29, 1.82) is 0 Å². The summed E-state index contributed by atoms with van der Waals surface area (Å²) in [5.74, 6) is -1.26. The standard InChI is InChI=1S/C19H26O4/c1-3-5-6-7-8-9-10-12-15-16(19(21)22)13-11-14-17(15)23-18(20)4-2/h4,11,13-14H,2-3,5-10,12H2,1H3,(H,21,22). The molecule has 4 nitrogen and oxygen atoms in total. The predicted octanol–water partition coefficient (Wildman–Crippen LogP) is 4.77. The average Bonchev–Trinajstić information content (AvgIpc) is 2.54. The monoisotopic (exact) mass is 318 g/mol. The molecule has 0 spiro atoms. The summed E-state index contributed by atoms with van der Waals surface area (Å²) in [6.07, 6.45) is 9.71. The highest BCUT2D eigenvalue weighted by molar-refractivity contribution is 5.91. The van der Waals surface area contributed by atoms with Crippen molar-refractivity contribution < 1.29 is 19.4 Å². The molecule has 0 aliphatic carbocycles. The van der Waals surface area contributed by atoms with Crippen LogP contribution in [-0.4, -0.2) is 17.0 Å². The van der Waals surface area contributed by atoms with Gasteiger partial charge in [0, 0.05) is 11.6 Å². The first-order valence-electron chi connectivity index (χ1n) is 8.29. The van der Waals surface area contributed by atoms with Crippen molar-refractivity contribution in [2.75, 3.05) is 0 Å². The molecule has 1 aromatic rings. The summed E-state index contributed by atoms with van der Waals surface area (Å²) in [7, 11) is 0. The minimum atomic E-state index is -1.00. The first kappa shape index (κ1) is 18.9. The van der Waals surface area contributed by atoms with Crippen LogP contribution in [0.4, 0.5) is 0 Å². The van der Waals surface area contributed by atoms with Crippen LogP contribution in [0.3, 0.4) is 0 Å². The van der Waals surface area contributed by atoms with Crippen LogP contribution in [0, 0.1) is 0 Å². The van der Waals surface area contributed by atoms with Crippen LogP contribution in [0.25, 0.3) is 0 Å². The second-order valence-electron chi connectivity index (χ2n) is 5.58. The minimum absolute atomic E-state index is 0.199. The molecule has 0 saturated carbocycles. The average molecular weight is 318 g/mol. The van der Waals surface area contributed by atoms with Crippen LogP contribution in [0.5, 0.6) is 5.75 Å². The molecular weight excluding hydrogens is 292 g/mol. The summed E-state index contributed by atoms with van der Waals surface area (Å²) in [4.78, 5) is 22.8. The highest BCUT2D eigenvalue weighted by Gasteiger charge is 2.16. The molecule has 0 atom stereocenters. The molecule has 23 heavy (non-hydrogen) atoms. The van der Waals surface area contributed by atoms with Crippen molar-refractivity contribution in [3.05, 3.63) is 42.0 Å². The molecule has 0 fully saturated rings. The van der Waals surface area contributed by atoms with Crippen LogP contribution in [0.2, 0.25) is 0 Å². The van der Waals surface area contributed by atoms with Crippen LogP contribution >= 0.6 is 0 Å². The zero-order valence-corrected chi connectivity index (χ0v) is 13.8. The molecule has 0 radical (unpaired) electrons. The number of carboxylic acid groups (broad SMARTS) is 1. The molecule has 4 heteroatoms. The number of aromatic carboxylic acids is 1. The van der Waals surface area contributed by atoms with Gasteiger partial charge in [0.25, 0.3) is 0 Å². The third-order valence-corrected chi connectivity index (χ3v) is 3.77. The molecule has 0 aliphatic rings. The number of carbonyl (C=O) groups excluding carboxylic acids is 1. The van der Waals surface area contributed by atoms with Gasteiger partial charge in [-0.25, -0.2) is 9.59 Å². The van der Waals surface area contributed by atoms with E-state index in [-0.39, 0.29) is 5.56 Å². The molecule has 0 aliphatic heterocycles. The van der Waals surface area contributed by atoms with Crippen molar-refractivity contribution in [1.82, 2.24) is 0 Å². The highest BCUT2D eigenvalue weighted by Crippen LogP contribution is 2.25. The lowest BCUT2D eigenvalue weighted by Gasteiger charge is -2.12. The molecule has 0 amide bonds. The SMILES string of the molecule is C=CC(=O)Oc1cccc(C(=O)O)c1CCCCCCCCC. The second kappa shape index (κ2) is 10.6. The molecular formula is C19H26O4. The Morgan fingerprint density at radius 2 is 1.78 bits per heavy atom. The Hall–Kier alpha value is -2.10. The molecule has 0 aromatic heterocycles. The second-order valence-corrected chi connectivity index (χ2v) is 5.58. The fraction of sp³-hybridized carbons (Fsp3) is 0.474. The van der Waals surface area contributed by atoms with Crippen LogP contribution in [0.15, 0.2) is 30.9 Å². The third-order valence-electron chi connectivity index (χ3n) is 3.77. The Labute approximate surface area is 138 Å². The van der Waals surface area contributed by atoms with E-state index in [9.17, 15) is 14.7 Å². The lowest BCUT2D eigenvalue weighted by atomic mass is 9.99. The van der Waals surface area contributed by atoms with E-state index in [4.69, 9.17) is 4.74 Å². The quantitative estimate of drug-likeness (QED) is 0.276. The molecule has 0 unspecified atom stereocenters. The number of rotatable bonds is 11. The lowest BCUT2D eigenvalue weighted by molar-refractivity contribution is -0.129. The summed E-state index contributed by atoms with van der Waals surface area (Å²) >= 11 is 0. The third kappa shape index (κ3) is 6.68. The smallest absolute Gasteiger partial charge is 0.336 e. The summed E-state index contributed by atoms with van der Waals surface area (Å²) < 4.78 is 5.18. The fourth-order valence-corrected chi connectivity index (χ4v) is 2.53. The van der Waals surface area contributed by atoms with Gasteiger partial charge in [-0.2, -0.15) is 0 Å². The van der Waals surface area contributed by atoms with Gasteiger partial charge in [0.1, 0.15) is 5.75 Å². The van der Waals surface area contributed by atoms with Gasteiger partial charge in [0.15, 0.2) is 0 Å². The Bertz CT molecular complexity index is 534. The lowest BCUT2D eigenvalue weighted by Crippen LogP contribution is -2.09. The van der Waals surface area contributed by atoms with Crippen LogP contribution < -0.4 is 4.74 Å². The topological polar surface area (TPSA) is 63.6 Å². The Kier molecular flexibility index (Phi) is 8.73. The van der Waals surface area contributed by atoms with E-state index in [1.807, 2.05) is 0 Å². The van der Waals surface area contributed by atoms with Crippen LogP contribution in [-0.2, 0) is 11.2 Å². The van der Waals surface area contributed by atoms with Gasteiger partial charge in [-0.15, -0.1) is 0 Å². The van der Waals surface area contributed by atoms with Crippen molar-refractivity contribution >= 4 is 11.9 Å². The van der Waals surface area contributed by atoms with E-state index in [0.29, 0.717) is 17.7 Å². The molecule has 0 saturated heterocycles. The van der Waals surface area contributed by atoms with E-state index in [1.165, 1.54) is 25.7 Å². The summed E-state index contributed by atoms with van der Waals surface area (Å²) in [6.45, 7) is 5.55. The number of benzene rings is 1. The number of carbonyl (C=O) groups is 2. The highest BCUT2D eigenvalue weighted by atomic mass is 16.5. The molecule has 1 N–H and O–H groups in total. The maximum atomic E-state index is 11.4.